The van der Waals surface area contributed by atoms with E-state index in [0.29, 0.717) is 0 Å². The molecule has 88 valence electrons. The van der Waals surface area contributed by atoms with Gasteiger partial charge in [0.05, 0.1) is 6.04 Å². The third kappa shape index (κ3) is 2.13. The van der Waals surface area contributed by atoms with E-state index in [4.69, 9.17) is 5.11 Å². The quantitative estimate of drug-likeness (QED) is 0.808. The first-order valence-electron chi connectivity index (χ1n) is 5.14. The molecule has 0 saturated carbocycles. The monoisotopic (exact) mass is 232 g/mol. The van der Waals surface area contributed by atoms with Crippen LogP contribution in [0.1, 0.15) is 11.6 Å². The maximum absolute atomic E-state index is 11.6. The van der Waals surface area contributed by atoms with Gasteiger partial charge in [-0.15, -0.1) is 0 Å². The zero-order chi connectivity index (χ0) is 12.4. The second-order valence-electron chi connectivity index (χ2n) is 3.75. The fraction of sp³-hybridized carbons (Fsp3) is 0.167. The molecule has 5 heteroatoms. The Balaban J connectivity index is 2.38. The van der Waals surface area contributed by atoms with Crippen molar-refractivity contribution >= 4 is 12.0 Å². The number of amides is 2. The number of nitrogens with one attached hydrogen (secondary N) is 1. The van der Waals surface area contributed by atoms with Crippen molar-refractivity contribution in [1.82, 2.24) is 10.2 Å². The zero-order valence-corrected chi connectivity index (χ0v) is 9.25. The molecule has 0 fully saturated rings. The van der Waals surface area contributed by atoms with Crippen LogP contribution in [0.15, 0.2) is 42.1 Å². The smallest absolute Gasteiger partial charge is 0.352 e. The minimum Gasteiger partial charge on any atom is -0.477 e. The van der Waals surface area contributed by atoms with E-state index in [0.717, 1.165) is 10.5 Å². The first-order chi connectivity index (χ1) is 8.09. The van der Waals surface area contributed by atoms with Gasteiger partial charge in [-0.1, -0.05) is 30.3 Å². The summed E-state index contributed by atoms with van der Waals surface area (Å²) in [6.45, 7) is 0. The second kappa shape index (κ2) is 4.29. The Morgan fingerprint density at radius 3 is 2.59 bits per heavy atom. The van der Waals surface area contributed by atoms with Crippen molar-refractivity contribution in [3.8, 4) is 0 Å². The lowest BCUT2D eigenvalue weighted by Crippen LogP contribution is -2.44. The van der Waals surface area contributed by atoms with Gasteiger partial charge in [0.1, 0.15) is 5.70 Å². The van der Waals surface area contributed by atoms with Crippen molar-refractivity contribution in [1.29, 1.82) is 0 Å². The average Bonchev–Trinajstić information content (AvgIpc) is 2.33. The van der Waals surface area contributed by atoms with Gasteiger partial charge in [-0.25, -0.2) is 9.59 Å². The molecule has 0 spiro atoms. The van der Waals surface area contributed by atoms with Crippen LogP contribution in [0.25, 0.3) is 0 Å². The normalized spacial score (nSPS) is 19.6. The number of hydrogen-bond acceptors (Lipinski definition) is 2. The van der Waals surface area contributed by atoms with Crippen LogP contribution in [-0.2, 0) is 4.79 Å². The lowest BCUT2D eigenvalue weighted by molar-refractivity contribution is -0.134. The number of nitrogens with zero attached hydrogens (tertiary/aromatic N) is 1. The van der Waals surface area contributed by atoms with E-state index < -0.39 is 18.0 Å². The summed E-state index contributed by atoms with van der Waals surface area (Å²) in [6, 6.07) is 8.41. The average molecular weight is 232 g/mol. The fourth-order valence-corrected chi connectivity index (χ4v) is 1.71. The van der Waals surface area contributed by atoms with Crippen LogP contribution in [0.5, 0.6) is 0 Å². The highest BCUT2D eigenvalue weighted by Crippen LogP contribution is 2.21. The number of carboxylic acids is 1. The van der Waals surface area contributed by atoms with Gasteiger partial charge in [0.15, 0.2) is 0 Å². The summed E-state index contributed by atoms with van der Waals surface area (Å²) in [4.78, 5) is 23.7. The summed E-state index contributed by atoms with van der Waals surface area (Å²) < 4.78 is 0. The maximum Gasteiger partial charge on any atom is 0.352 e. The van der Waals surface area contributed by atoms with E-state index in [1.165, 1.54) is 13.1 Å². The number of hydrogen-bond donors (Lipinski definition) is 2. The van der Waals surface area contributed by atoms with Crippen LogP contribution in [0, 0.1) is 0 Å². The van der Waals surface area contributed by atoms with Crippen LogP contribution >= 0.6 is 0 Å². The summed E-state index contributed by atoms with van der Waals surface area (Å²) in [5.41, 5.74) is 0.843. The van der Waals surface area contributed by atoms with Crippen molar-refractivity contribution in [3.05, 3.63) is 47.7 Å². The molecule has 5 nitrogen and oxygen atoms in total. The van der Waals surface area contributed by atoms with Crippen LogP contribution in [0.3, 0.4) is 0 Å². The Labute approximate surface area is 98.4 Å². The molecule has 1 aliphatic heterocycles. The number of rotatable bonds is 2. The number of aliphatic carboxylic acids is 1. The van der Waals surface area contributed by atoms with E-state index in [1.807, 2.05) is 30.3 Å². The largest absolute Gasteiger partial charge is 0.477 e. The lowest BCUT2D eigenvalue weighted by Gasteiger charge is -2.28. The van der Waals surface area contributed by atoms with Crippen molar-refractivity contribution in [2.24, 2.45) is 0 Å². The Hall–Kier alpha value is -2.30. The molecule has 1 atom stereocenters. The molecule has 0 aliphatic carbocycles. The van der Waals surface area contributed by atoms with Gasteiger partial charge in [0, 0.05) is 7.05 Å². The highest BCUT2D eigenvalue weighted by Gasteiger charge is 2.28. The molecular weight excluding hydrogens is 220 g/mol. The number of benzene rings is 1. The second-order valence-corrected chi connectivity index (χ2v) is 3.75. The fourth-order valence-electron chi connectivity index (χ4n) is 1.71. The third-order valence-electron chi connectivity index (χ3n) is 2.65. The van der Waals surface area contributed by atoms with Gasteiger partial charge in [-0.05, 0) is 11.6 Å². The highest BCUT2D eigenvalue weighted by atomic mass is 16.4. The molecule has 0 saturated heterocycles. The first-order valence-corrected chi connectivity index (χ1v) is 5.14. The zero-order valence-electron chi connectivity index (χ0n) is 9.25. The summed E-state index contributed by atoms with van der Waals surface area (Å²) >= 11 is 0. The van der Waals surface area contributed by atoms with Gasteiger partial charge in [0.2, 0.25) is 0 Å². The van der Waals surface area contributed by atoms with Crippen LogP contribution < -0.4 is 5.32 Å². The molecule has 2 rings (SSSR count). The van der Waals surface area contributed by atoms with Crippen molar-refractivity contribution in [2.75, 3.05) is 7.05 Å². The molecule has 17 heavy (non-hydrogen) atoms. The summed E-state index contributed by atoms with van der Waals surface area (Å²) in [5, 5.41) is 11.7. The van der Waals surface area contributed by atoms with E-state index in [1.54, 1.807) is 0 Å². The molecule has 1 aromatic carbocycles. The molecule has 0 bridgehead atoms. The first kappa shape index (κ1) is 11.2. The summed E-state index contributed by atoms with van der Waals surface area (Å²) in [6.07, 6.45) is 1.53. The van der Waals surface area contributed by atoms with Gasteiger partial charge in [-0.2, -0.15) is 0 Å². The van der Waals surface area contributed by atoms with Crippen molar-refractivity contribution in [2.45, 2.75) is 6.04 Å². The van der Waals surface area contributed by atoms with Crippen LogP contribution in [0.2, 0.25) is 0 Å². The number of carbonyl (C=O) groups excluding carboxylic acids is 1. The van der Waals surface area contributed by atoms with Crippen LogP contribution in [0.4, 0.5) is 4.79 Å². The molecule has 1 aliphatic rings. The number of likely N-dealkylation sites (N-methyl/N-ethyl adjacent to an activating group) is 1. The minimum absolute atomic E-state index is 0.0115. The van der Waals surface area contributed by atoms with Gasteiger partial charge >= 0.3 is 12.0 Å². The standard InChI is InChI=1S/C12H12N2O3/c1-14-10(11(15)16)7-9(13-12(14)17)8-5-3-2-4-6-8/h2-7,9H,1H3,(H,13,17)(H,15,16). The SMILES string of the molecule is CN1C(=O)NC(c2ccccc2)C=C1C(=O)O. The third-order valence-corrected chi connectivity index (χ3v) is 2.65. The Morgan fingerprint density at radius 2 is 2.00 bits per heavy atom. The minimum atomic E-state index is -1.11. The number of carbonyl (C=O) groups is 2. The number of carboxylic acid groups (broad SMARTS) is 1. The van der Waals surface area contributed by atoms with Gasteiger partial charge in [-0.3, -0.25) is 4.90 Å². The lowest BCUT2D eigenvalue weighted by atomic mass is 10.0. The maximum atomic E-state index is 11.6. The Bertz CT molecular complexity index is 482. The molecule has 0 aromatic heterocycles. The van der Waals surface area contributed by atoms with E-state index >= 15 is 0 Å². The van der Waals surface area contributed by atoms with Gasteiger partial charge < -0.3 is 10.4 Å². The van der Waals surface area contributed by atoms with Gasteiger partial charge in [0.25, 0.3) is 0 Å². The molecule has 2 amide bonds. The molecule has 1 unspecified atom stereocenters. The highest BCUT2D eigenvalue weighted by molar-refractivity contribution is 5.93. The molecule has 2 N–H and O–H groups in total. The van der Waals surface area contributed by atoms with E-state index in [2.05, 4.69) is 5.32 Å². The molecule has 1 heterocycles. The molecule has 1 aromatic rings. The number of urea groups is 1. The van der Waals surface area contributed by atoms with E-state index in [-0.39, 0.29) is 5.70 Å². The van der Waals surface area contributed by atoms with Crippen molar-refractivity contribution in [3.63, 3.8) is 0 Å². The topological polar surface area (TPSA) is 69.6 Å². The van der Waals surface area contributed by atoms with E-state index in [9.17, 15) is 9.59 Å². The van der Waals surface area contributed by atoms with Crippen molar-refractivity contribution < 1.29 is 14.7 Å². The Kier molecular flexibility index (Phi) is 2.82. The van der Waals surface area contributed by atoms with Crippen LogP contribution in [-0.4, -0.2) is 29.1 Å². The molecular formula is C12H12N2O3. The summed E-state index contributed by atoms with van der Waals surface area (Å²) in [5.74, 6) is -1.11. The Morgan fingerprint density at radius 1 is 1.35 bits per heavy atom. The molecule has 0 radical (unpaired) electrons. The summed E-state index contributed by atoms with van der Waals surface area (Å²) in [7, 11) is 1.43. The predicted octanol–water partition coefficient (Wildman–Crippen LogP) is 1.35. The predicted molar refractivity (Wildman–Crippen MR) is 61.2 cm³/mol.